The molecule has 19 nitrogen and oxygen atoms in total. The monoisotopic (exact) mass is 1380 g/mol. The van der Waals surface area contributed by atoms with Crippen molar-refractivity contribution < 1.29 is 66.0 Å². The van der Waals surface area contributed by atoms with Crippen LogP contribution in [-0.2, 0) is 84.9 Å². The molecule has 1 unspecified atom stereocenters. The number of fused-ring (bicyclic) bond motifs is 3. The number of anilines is 1. The molecule has 1 amide bonds. The lowest BCUT2D eigenvalue weighted by molar-refractivity contribution is -0.438. The number of hydrogen-bond acceptors (Lipinski definition) is 14. The molecule has 2 aromatic heterocycles. The molecule has 4 atom stereocenters. The van der Waals surface area contributed by atoms with Gasteiger partial charge in [0.15, 0.2) is 17.3 Å². The lowest BCUT2D eigenvalue weighted by atomic mass is 9.81. The lowest BCUT2D eigenvalue weighted by Gasteiger charge is -2.25. The minimum Gasteiger partial charge on any atom is -0.508 e. The number of unbranched alkanes of at least 4 members (excludes halogenated alkanes) is 2. The zero-order chi connectivity index (χ0) is 71.7. The van der Waals surface area contributed by atoms with Crippen LogP contribution in [0.15, 0.2) is 169 Å². The smallest absolute Gasteiger partial charge is 0.294 e. The third-order valence-corrected chi connectivity index (χ3v) is 20.3. The zero-order valence-electron chi connectivity index (χ0n) is 58.4. The van der Waals surface area contributed by atoms with Crippen molar-refractivity contribution in [1.29, 1.82) is 0 Å². The number of aryl methyl sites for hydroxylation is 1. The summed E-state index contributed by atoms with van der Waals surface area (Å²) in [6, 6.07) is 30.7. The topological polar surface area (TPSA) is 278 Å². The first-order chi connectivity index (χ1) is 47.8. The van der Waals surface area contributed by atoms with Crippen LogP contribution in [0.4, 0.5) is 11.4 Å². The third kappa shape index (κ3) is 19.6. The van der Waals surface area contributed by atoms with E-state index in [1.54, 1.807) is 48.8 Å². The summed E-state index contributed by atoms with van der Waals surface area (Å²) in [5.74, 6) is -4.17. The Labute approximate surface area is 586 Å². The van der Waals surface area contributed by atoms with Crippen LogP contribution in [0.2, 0.25) is 0 Å². The fraction of sp³-hybridized carbons (Fsp3) is 0.400. The van der Waals surface area contributed by atoms with Gasteiger partial charge in [-0.3, -0.25) is 33.3 Å². The van der Waals surface area contributed by atoms with Crippen molar-refractivity contribution in [2.24, 2.45) is 17.8 Å². The van der Waals surface area contributed by atoms with E-state index in [-0.39, 0.29) is 115 Å². The Hall–Kier alpha value is -9.21. The standard InChI is InChI=1S/C80H94N6O13S/c1-8-85-72-35-33-66(100(95,96)97)48-69(72)80(6,7)76(85)22-12-9-13-23-77-79(4,5)68-40-53(2)24-34-73(68)86(77)36-16-10-11-18-62(88)19-17-37-98-38-39-99-51-65(91)44-58(42-56-27-31-64(90)32-28-56)74(92)47-59(43-61-50-81-52-83-61)78(94)84-71(45-60-49-82-70-21-15-14-20-67(60)70)75(93)46-57(54(3)87)41-55-25-29-63(89)30-26-55/h9,12-15,20-35,40,48-50,52,57-59,71,82H,8,10-11,16-19,36-39,41-47,51H2,1-7H3,(H4-,81,83,84,89,90,94,95,96,97)/p+1/t57-,58-,59-,71?/m1/s1. The number of nitrogens with one attached hydrogen (secondary N) is 3. The minimum absolute atomic E-state index is 0.0341. The summed E-state index contributed by atoms with van der Waals surface area (Å²) >= 11 is 0. The number of phenols is 2. The van der Waals surface area contributed by atoms with Gasteiger partial charge in [-0.25, -0.2) is 4.98 Å². The summed E-state index contributed by atoms with van der Waals surface area (Å²) in [5.41, 5.74) is 10.5. The summed E-state index contributed by atoms with van der Waals surface area (Å²) in [6.45, 7) is 16.0. The second-order valence-electron chi connectivity index (χ2n) is 27.6. The van der Waals surface area contributed by atoms with Crippen molar-refractivity contribution in [2.75, 3.05) is 44.4 Å². The number of ketones is 5. The van der Waals surface area contributed by atoms with Gasteiger partial charge in [-0.2, -0.15) is 13.0 Å². The average molecular weight is 1380 g/mol. The molecule has 9 rings (SSSR count). The van der Waals surface area contributed by atoms with Crippen molar-refractivity contribution in [2.45, 2.75) is 154 Å². The number of benzene rings is 5. The number of allylic oxidation sites excluding steroid dienone is 6. The van der Waals surface area contributed by atoms with Crippen molar-refractivity contribution >= 4 is 72.9 Å². The molecule has 0 saturated carbocycles. The van der Waals surface area contributed by atoms with E-state index in [1.165, 1.54) is 66.1 Å². The van der Waals surface area contributed by atoms with Crippen LogP contribution < -0.4 is 10.2 Å². The van der Waals surface area contributed by atoms with Gasteiger partial charge < -0.3 is 39.9 Å². The highest BCUT2D eigenvalue weighted by Crippen LogP contribution is 2.48. The number of phenolic OH excluding ortho intramolecular Hbond substituents is 2. The van der Waals surface area contributed by atoms with E-state index in [4.69, 9.17) is 9.47 Å². The Balaban J connectivity index is 0.740. The van der Waals surface area contributed by atoms with Crippen molar-refractivity contribution in [1.82, 2.24) is 20.3 Å². The zero-order valence-corrected chi connectivity index (χ0v) is 59.2. The van der Waals surface area contributed by atoms with E-state index in [0.29, 0.717) is 43.7 Å². The molecular formula is C80H95N6O13S+. The molecule has 6 N–H and O–H groups in total. The largest absolute Gasteiger partial charge is 0.508 e. The lowest BCUT2D eigenvalue weighted by Crippen LogP contribution is -2.47. The molecular weight excluding hydrogens is 1280 g/mol. The summed E-state index contributed by atoms with van der Waals surface area (Å²) in [6.07, 6.45) is 18.9. The second-order valence-corrected chi connectivity index (χ2v) is 29.0. The van der Waals surface area contributed by atoms with Crippen LogP contribution in [0, 0.1) is 24.7 Å². The minimum atomic E-state index is -4.35. The molecule has 7 aromatic rings. The number of Topliss-reactive ketones (excluding diaryl/α,β-unsaturated/α-hetero) is 5. The molecule has 0 radical (unpaired) electrons. The van der Waals surface area contributed by atoms with Gasteiger partial charge in [-0.1, -0.05) is 86.2 Å². The first-order valence-electron chi connectivity index (χ1n) is 34.6. The fourth-order valence-corrected chi connectivity index (χ4v) is 14.3. The highest BCUT2D eigenvalue weighted by molar-refractivity contribution is 7.85. The van der Waals surface area contributed by atoms with Crippen LogP contribution in [-0.4, -0.2) is 129 Å². The van der Waals surface area contributed by atoms with Crippen molar-refractivity contribution in [3.05, 3.63) is 203 Å². The average Bonchev–Trinajstić information content (AvgIpc) is 1.60. The fourth-order valence-electron chi connectivity index (χ4n) is 13.8. The number of imidazole rings is 1. The predicted octanol–water partition coefficient (Wildman–Crippen LogP) is 12.8. The first-order valence-corrected chi connectivity index (χ1v) is 36.1. The van der Waals surface area contributed by atoms with Gasteiger partial charge in [0.1, 0.15) is 42.0 Å². The summed E-state index contributed by atoms with van der Waals surface area (Å²) in [5, 5.41) is 23.8. The number of rotatable bonds is 39. The second kappa shape index (κ2) is 34.2. The number of H-pyrrole nitrogens is 2. The molecule has 2 aliphatic rings. The predicted molar refractivity (Wildman–Crippen MR) is 387 cm³/mol. The molecule has 4 heterocycles. The molecule has 5 aromatic carbocycles. The van der Waals surface area contributed by atoms with Crippen LogP contribution in [0.3, 0.4) is 0 Å². The van der Waals surface area contributed by atoms with E-state index >= 15 is 0 Å². The number of ether oxygens (including phenoxy) is 2. The molecule has 528 valence electrons. The molecule has 0 fully saturated rings. The number of likely N-dealkylation sites (N-methyl/N-ethyl adjacent to an activating group) is 1. The van der Waals surface area contributed by atoms with E-state index in [1.807, 2.05) is 36.4 Å². The maximum absolute atomic E-state index is 14.8. The van der Waals surface area contributed by atoms with Gasteiger partial charge in [0.05, 0.1) is 41.8 Å². The Morgan fingerprint density at radius 1 is 0.690 bits per heavy atom. The number of hydrogen-bond donors (Lipinski definition) is 6. The van der Waals surface area contributed by atoms with Gasteiger partial charge in [0.25, 0.3) is 10.1 Å². The Morgan fingerprint density at radius 3 is 2.07 bits per heavy atom. The van der Waals surface area contributed by atoms with E-state index in [9.17, 15) is 52.0 Å². The van der Waals surface area contributed by atoms with Gasteiger partial charge >= 0.3 is 0 Å². The Bertz CT molecular complexity index is 4300. The quantitative estimate of drug-likeness (QED) is 0.00904. The SMILES string of the molecule is CCN1C(=CC=CC=CC2=[N+](CCCCCC(=O)CCCOCCOCC(=O)C[C@@H](Cc3ccc(O)cc3)C(=O)C[C@@H](Cc3cnc[nH]3)C(=O)NC(Cc3c[nH]c4ccccc34)C(=O)C[C@@H](Cc3ccc(O)cc3)C(C)=O)c3ccc(C)cc3C2(C)C)C(C)(C)c2cc(S(=O)(=O)O)ccc21. The molecule has 0 spiro atoms. The number of carbonyl (C=O) groups excluding carboxylic acids is 6. The summed E-state index contributed by atoms with van der Waals surface area (Å²) in [4.78, 5) is 96.3. The van der Waals surface area contributed by atoms with E-state index in [2.05, 4.69) is 108 Å². The molecule has 100 heavy (non-hydrogen) atoms. The third-order valence-electron chi connectivity index (χ3n) is 19.4. The number of para-hydroxylation sites is 1. The number of aromatic amines is 2. The molecule has 0 saturated heterocycles. The van der Waals surface area contributed by atoms with Crippen LogP contribution in [0.1, 0.15) is 138 Å². The maximum atomic E-state index is 14.8. The summed E-state index contributed by atoms with van der Waals surface area (Å²) < 4.78 is 47.7. The Morgan fingerprint density at radius 2 is 1.38 bits per heavy atom. The van der Waals surface area contributed by atoms with Crippen LogP contribution in [0.5, 0.6) is 11.5 Å². The summed E-state index contributed by atoms with van der Waals surface area (Å²) in [7, 11) is -4.35. The number of nitrogens with zero attached hydrogens (tertiary/aromatic N) is 3. The normalized spacial score (nSPS) is 15.7. The number of amides is 1. The highest BCUT2D eigenvalue weighted by atomic mass is 32.2. The van der Waals surface area contributed by atoms with Crippen LogP contribution in [0.25, 0.3) is 10.9 Å². The molecule has 0 aliphatic carbocycles. The van der Waals surface area contributed by atoms with Gasteiger partial charge in [-0.05, 0) is 150 Å². The van der Waals surface area contributed by atoms with Gasteiger partial charge in [-0.15, -0.1) is 0 Å². The molecule has 20 heteroatoms. The van der Waals surface area contributed by atoms with Gasteiger partial charge in [0.2, 0.25) is 11.6 Å². The number of aromatic hydroxyl groups is 2. The molecule has 2 aliphatic heterocycles. The maximum Gasteiger partial charge on any atom is 0.294 e. The van der Waals surface area contributed by atoms with E-state index < -0.39 is 45.2 Å². The van der Waals surface area contributed by atoms with Gasteiger partial charge in [0, 0.05) is 140 Å². The van der Waals surface area contributed by atoms with Crippen LogP contribution >= 0.6 is 0 Å². The number of carbonyl (C=O) groups is 6. The first kappa shape index (κ1) is 75.0. The number of aromatic nitrogens is 3. The van der Waals surface area contributed by atoms with Crippen molar-refractivity contribution in [3.8, 4) is 11.5 Å². The Kier molecular flexibility index (Phi) is 25.7. The van der Waals surface area contributed by atoms with E-state index in [0.717, 1.165) is 64.8 Å². The molecule has 0 bridgehead atoms. The highest BCUT2D eigenvalue weighted by Gasteiger charge is 2.45. The van der Waals surface area contributed by atoms with Crippen molar-refractivity contribution in [3.63, 3.8) is 0 Å².